The maximum atomic E-state index is 13.5. The third-order valence-electron chi connectivity index (χ3n) is 2.55. The minimum Gasteiger partial charge on any atom is -0.478 e. The van der Waals surface area contributed by atoms with Crippen molar-refractivity contribution in [2.45, 2.75) is 24.7 Å². The Hall–Kier alpha value is -1.87. The van der Waals surface area contributed by atoms with Crippen LogP contribution in [0.25, 0.3) is 0 Å². The fraction of sp³-hybridized carbons (Fsp3) is 0.308. The van der Waals surface area contributed by atoms with Crippen molar-refractivity contribution in [1.29, 1.82) is 0 Å². The predicted octanol–water partition coefficient (Wildman–Crippen LogP) is 2.02. The number of carboxylic acids is 1. The topological polar surface area (TPSA) is 71.4 Å². The smallest absolute Gasteiger partial charge is 0.338 e. The van der Waals surface area contributed by atoms with Crippen molar-refractivity contribution in [3.63, 3.8) is 0 Å². The minimum absolute atomic E-state index is 0.0181. The lowest BCUT2D eigenvalue weighted by atomic mass is 10.1. The van der Waals surface area contributed by atoms with Gasteiger partial charge in [-0.15, -0.1) is 12.3 Å². The van der Waals surface area contributed by atoms with Crippen LogP contribution in [0.4, 0.5) is 4.39 Å². The van der Waals surface area contributed by atoms with Gasteiger partial charge in [-0.2, -0.15) is 0 Å². The van der Waals surface area contributed by atoms with Crippen LogP contribution < -0.4 is 0 Å². The van der Waals surface area contributed by atoms with Gasteiger partial charge in [0.1, 0.15) is 5.82 Å². The van der Waals surface area contributed by atoms with Crippen LogP contribution in [0, 0.1) is 25.1 Å². The molecule has 0 radical (unpaired) electrons. The molecule has 0 aromatic heterocycles. The summed E-state index contributed by atoms with van der Waals surface area (Å²) < 4.78 is 37.4. The monoisotopic (exact) mass is 284 g/mol. The third-order valence-corrected chi connectivity index (χ3v) is 4.33. The number of aromatic carboxylic acids is 1. The Kier molecular flexibility index (Phi) is 4.67. The number of halogens is 1. The van der Waals surface area contributed by atoms with Crippen molar-refractivity contribution in [2.24, 2.45) is 0 Å². The van der Waals surface area contributed by atoms with Crippen molar-refractivity contribution >= 4 is 15.8 Å². The average Bonchev–Trinajstić information content (AvgIpc) is 2.32. The zero-order chi connectivity index (χ0) is 14.6. The molecule has 0 atom stereocenters. The molecule has 0 bridgehead atoms. The quantitative estimate of drug-likeness (QED) is 0.510. The van der Waals surface area contributed by atoms with Crippen LogP contribution in [0.3, 0.4) is 0 Å². The summed E-state index contributed by atoms with van der Waals surface area (Å²) in [4.78, 5) is 10.7. The van der Waals surface area contributed by atoms with E-state index in [1.807, 2.05) is 0 Å². The van der Waals surface area contributed by atoms with Gasteiger partial charge in [0.15, 0.2) is 9.84 Å². The highest BCUT2D eigenvalue weighted by Crippen LogP contribution is 2.21. The molecule has 0 fully saturated rings. The summed E-state index contributed by atoms with van der Waals surface area (Å²) in [6, 6.07) is 1.98. The Morgan fingerprint density at radius 1 is 1.47 bits per heavy atom. The molecule has 1 aromatic rings. The van der Waals surface area contributed by atoms with Gasteiger partial charge < -0.3 is 5.11 Å². The van der Waals surface area contributed by atoms with Crippen LogP contribution in [0.1, 0.15) is 28.8 Å². The third kappa shape index (κ3) is 3.55. The number of hydrogen-bond donors (Lipinski definition) is 1. The number of rotatable bonds is 5. The van der Waals surface area contributed by atoms with Crippen molar-refractivity contribution in [3.8, 4) is 12.3 Å². The number of unbranched alkanes of at least 4 members (excludes halogenated alkanes) is 1. The molecular weight excluding hydrogens is 271 g/mol. The van der Waals surface area contributed by atoms with Crippen molar-refractivity contribution < 1.29 is 22.7 Å². The second-order valence-electron chi connectivity index (χ2n) is 4.03. The largest absolute Gasteiger partial charge is 0.478 e. The van der Waals surface area contributed by atoms with Crippen LogP contribution in [-0.4, -0.2) is 25.2 Å². The number of carboxylic acid groups (broad SMARTS) is 1. The SMILES string of the molecule is C#CCCCS(=O)(=O)c1cc(C)c(F)c(C(=O)O)c1. The van der Waals surface area contributed by atoms with Crippen LogP contribution >= 0.6 is 0 Å². The molecule has 102 valence electrons. The molecule has 1 rings (SSSR count). The average molecular weight is 284 g/mol. The van der Waals surface area contributed by atoms with Gasteiger partial charge in [0.05, 0.1) is 16.2 Å². The summed E-state index contributed by atoms with van der Waals surface area (Å²) in [5, 5.41) is 8.83. The maximum Gasteiger partial charge on any atom is 0.338 e. The second-order valence-corrected chi connectivity index (χ2v) is 6.14. The number of terminal acetylenes is 1. The Morgan fingerprint density at radius 3 is 2.63 bits per heavy atom. The molecule has 0 aliphatic carbocycles. The molecule has 0 aliphatic rings. The van der Waals surface area contributed by atoms with E-state index in [4.69, 9.17) is 11.5 Å². The van der Waals surface area contributed by atoms with Gasteiger partial charge in [0.25, 0.3) is 0 Å². The van der Waals surface area contributed by atoms with E-state index in [1.165, 1.54) is 6.92 Å². The van der Waals surface area contributed by atoms with Crippen LogP contribution in [0.2, 0.25) is 0 Å². The van der Waals surface area contributed by atoms with Gasteiger partial charge >= 0.3 is 5.97 Å². The number of carbonyl (C=O) groups is 1. The summed E-state index contributed by atoms with van der Waals surface area (Å²) in [5.41, 5.74) is -0.661. The van der Waals surface area contributed by atoms with E-state index in [9.17, 15) is 17.6 Å². The van der Waals surface area contributed by atoms with Crippen LogP contribution in [0.5, 0.6) is 0 Å². The first-order chi connectivity index (χ1) is 8.79. The predicted molar refractivity (Wildman–Crippen MR) is 68.2 cm³/mol. The van der Waals surface area contributed by atoms with E-state index < -0.39 is 27.2 Å². The van der Waals surface area contributed by atoms with Crippen molar-refractivity contribution in [2.75, 3.05) is 5.75 Å². The molecule has 0 heterocycles. The first-order valence-corrected chi connectivity index (χ1v) is 7.14. The van der Waals surface area contributed by atoms with Crippen molar-refractivity contribution in [3.05, 3.63) is 29.1 Å². The van der Waals surface area contributed by atoms with Gasteiger partial charge in [-0.05, 0) is 31.0 Å². The molecule has 0 spiro atoms. The second kappa shape index (κ2) is 5.85. The summed E-state index contributed by atoms with van der Waals surface area (Å²) in [7, 11) is -3.65. The normalized spacial score (nSPS) is 11.0. The number of sulfone groups is 1. The summed E-state index contributed by atoms with van der Waals surface area (Å²) in [6.07, 6.45) is 5.62. The van der Waals surface area contributed by atoms with E-state index in [2.05, 4.69) is 5.92 Å². The summed E-state index contributed by atoms with van der Waals surface area (Å²) >= 11 is 0. The Morgan fingerprint density at radius 2 is 2.11 bits per heavy atom. The highest BCUT2D eigenvalue weighted by atomic mass is 32.2. The molecule has 0 unspecified atom stereocenters. The van der Waals surface area contributed by atoms with Gasteiger partial charge in [-0.1, -0.05) is 0 Å². The minimum atomic E-state index is -3.65. The zero-order valence-electron chi connectivity index (χ0n) is 10.3. The lowest BCUT2D eigenvalue weighted by Crippen LogP contribution is -2.11. The molecule has 19 heavy (non-hydrogen) atoms. The van der Waals surface area contributed by atoms with E-state index in [1.54, 1.807) is 0 Å². The Balaban J connectivity index is 3.22. The number of benzene rings is 1. The molecule has 1 aromatic carbocycles. The van der Waals surface area contributed by atoms with E-state index >= 15 is 0 Å². The highest BCUT2D eigenvalue weighted by Gasteiger charge is 2.20. The van der Waals surface area contributed by atoms with Crippen LogP contribution in [0.15, 0.2) is 17.0 Å². The maximum absolute atomic E-state index is 13.5. The standard InChI is InChI=1S/C13H13FO4S/c1-3-4-5-6-19(17,18)10-7-9(2)12(14)11(8-10)13(15)16/h1,7-8H,4-6H2,2H3,(H,15,16). The molecule has 6 heteroatoms. The van der Waals surface area contributed by atoms with E-state index in [0.717, 1.165) is 12.1 Å². The fourth-order valence-electron chi connectivity index (χ4n) is 1.55. The zero-order valence-corrected chi connectivity index (χ0v) is 11.1. The van der Waals surface area contributed by atoms with E-state index in [0.29, 0.717) is 6.42 Å². The lowest BCUT2D eigenvalue weighted by Gasteiger charge is -2.08. The Bertz CT molecular complexity index is 641. The van der Waals surface area contributed by atoms with Gasteiger partial charge in [0, 0.05) is 6.42 Å². The molecule has 1 N–H and O–H groups in total. The Labute approximate surface area is 111 Å². The van der Waals surface area contributed by atoms with Gasteiger partial charge in [-0.3, -0.25) is 0 Å². The first-order valence-electron chi connectivity index (χ1n) is 5.49. The van der Waals surface area contributed by atoms with Gasteiger partial charge in [-0.25, -0.2) is 17.6 Å². The van der Waals surface area contributed by atoms with Crippen molar-refractivity contribution in [1.82, 2.24) is 0 Å². The van der Waals surface area contributed by atoms with Crippen LogP contribution in [-0.2, 0) is 9.84 Å². The van der Waals surface area contributed by atoms with E-state index in [-0.39, 0.29) is 22.6 Å². The lowest BCUT2D eigenvalue weighted by molar-refractivity contribution is 0.0691. The number of hydrogen-bond acceptors (Lipinski definition) is 3. The summed E-state index contributed by atoms with van der Waals surface area (Å²) in [5.74, 6) is -0.290. The molecule has 0 saturated carbocycles. The molecule has 0 aliphatic heterocycles. The molecule has 0 amide bonds. The molecular formula is C13H13FO4S. The molecule has 4 nitrogen and oxygen atoms in total. The molecule has 0 saturated heterocycles. The summed E-state index contributed by atoms with van der Waals surface area (Å²) in [6.45, 7) is 1.32. The fourth-order valence-corrected chi connectivity index (χ4v) is 2.97. The first kappa shape index (κ1) is 15.2. The van der Waals surface area contributed by atoms with Gasteiger partial charge in [0.2, 0.25) is 0 Å². The number of aryl methyl sites for hydroxylation is 1. The highest BCUT2D eigenvalue weighted by molar-refractivity contribution is 7.91.